The number of benzene rings is 1. The Bertz CT molecular complexity index is 828. The van der Waals surface area contributed by atoms with Crippen LogP contribution in [0, 0.1) is 5.82 Å². The zero-order chi connectivity index (χ0) is 15.6. The van der Waals surface area contributed by atoms with E-state index in [4.69, 9.17) is 4.74 Å². The molecule has 1 aromatic carbocycles. The highest BCUT2D eigenvalue weighted by Gasteiger charge is 2.20. The number of ether oxygens (including phenoxy) is 1. The number of hydrogen-bond acceptors (Lipinski definition) is 4. The highest BCUT2D eigenvalue weighted by atomic mass is 19.1. The van der Waals surface area contributed by atoms with Crippen LogP contribution in [0.2, 0.25) is 0 Å². The van der Waals surface area contributed by atoms with E-state index in [-0.39, 0.29) is 11.9 Å². The van der Waals surface area contributed by atoms with Gasteiger partial charge in [0.1, 0.15) is 0 Å². The van der Waals surface area contributed by atoms with Crippen LogP contribution in [0.25, 0.3) is 5.78 Å². The topological polar surface area (TPSA) is 51.5 Å². The summed E-state index contributed by atoms with van der Waals surface area (Å²) in [6.07, 6.45) is 8.75. The lowest BCUT2D eigenvalue weighted by atomic mass is 9.96. The summed E-state index contributed by atoms with van der Waals surface area (Å²) >= 11 is 0. The van der Waals surface area contributed by atoms with Crippen LogP contribution in [-0.4, -0.2) is 20.5 Å². The van der Waals surface area contributed by atoms with Gasteiger partial charge < -0.3 is 10.1 Å². The van der Waals surface area contributed by atoms with Crippen LogP contribution >= 0.6 is 0 Å². The summed E-state index contributed by atoms with van der Waals surface area (Å²) in [5, 5.41) is 3.20. The highest BCUT2D eigenvalue weighted by Crippen LogP contribution is 2.28. The highest BCUT2D eigenvalue weighted by molar-refractivity contribution is 5.48. The molecule has 0 saturated heterocycles. The van der Waals surface area contributed by atoms with E-state index in [0.29, 0.717) is 23.8 Å². The van der Waals surface area contributed by atoms with Crippen LogP contribution < -0.4 is 10.1 Å². The van der Waals surface area contributed by atoms with Crippen molar-refractivity contribution in [3.05, 3.63) is 54.4 Å². The van der Waals surface area contributed by atoms with Crippen molar-refractivity contribution >= 4 is 11.5 Å². The summed E-state index contributed by atoms with van der Waals surface area (Å²) < 4.78 is 21.6. The van der Waals surface area contributed by atoms with Crippen LogP contribution in [0.4, 0.5) is 10.1 Å². The van der Waals surface area contributed by atoms with Crippen LogP contribution in [0.3, 0.4) is 0 Å². The molecule has 1 N–H and O–H groups in total. The minimum absolute atomic E-state index is 0.175. The smallest absolute Gasteiger partial charge is 0.233 e. The molecule has 1 fully saturated rings. The van der Waals surface area contributed by atoms with Crippen molar-refractivity contribution in [3.8, 4) is 5.75 Å². The number of fused-ring (bicyclic) bond motifs is 1. The number of nitrogens with one attached hydrogen (secondary N) is 1. The lowest BCUT2D eigenvalue weighted by Crippen LogP contribution is -2.24. The maximum atomic E-state index is 14.1. The molecule has 118 valence electrons. The second-order valence-corrected chi connectivity index (χ2v) is 5.71. The Labute approximate surface area is 133 Å². The summed E-state index contributed by atoms with van der Waals surface area (Å²) in [5.74, 6) is 0.653. The zero-order valence-electron chi connectivity index (χ0n) is 12.6. The van der Waals surface area contributed by atoms with Gasteiger partial charge in [-0.15, -0.1) is 0 Å². The molecule has 0 amide bonds. The van der Waals surface area contributed by atoms with E-state index in [1.807, 2.05) is 22.7 Å². The Hall–Kier alpha value is -2.63. The molecular formula is C17H17FN4O. The van der Waals surface area contributed by atoms with Gasteiger partial charge in [0, 0.05) is 24.1 Å². The second-order valence-electron chi connectivity index (χ2n) is 5.71. The maximum Gasteiger partial charge on any atom is 0.233 e. The average molecular weight is 312 g/mol. The lowest BCUT2D eigenvalue weighted by molar-refractivity contribution is 0.115. The summed E-state index contributed by atoms with van der Waals surface area (Å²) in [6.45, 7) is 0.537. The van der Waals surface area contributed by atoms with Crippen molar-refractivity contribution < 1.29 is 9.13 Å². The lowest BCUT2D eigenvalue weighted by Gasteiger charge is -2.26. The van der Waals surface area contributed by atoms with E-state index < -0.39 is 0 Å². The van der Waals surface area contributed by atoms with Crippen molar-refractivity contribution in [3.63, 3.8) is 0 Å². The van der Waals surface area contributed by atoms with Crippen LogP contribution in [0.5, 0.6) is 5.75 Å². The van der Waals surface area contributed by atoms with Crippen molar-refractivity contribution in [2.75, 3.05) is 5.32 Å². The third-order valence-electron chi connectivity index (χ3n) is 4.12. The number of halogens is 1. The van der Waals surface area contributed by atoms with Gasteiger partial charge >= 0.3 is 0 Å². The van der Waals surface area contributed by atoms with Crippen molar-refractivity contribution in [1.29, 1.82) is 0 Å². The first kappa shape index (κ1) is 14.0. The van der Waals surface area contributed by atoms with Gasteiger partial charge in [0.25, 0.3) is 0 Å². The fourth-order valence-corrected chi connectivity index (χ4v) is 2.58. The largest absolute Gasteiger partial charge is 0.487 e. The summed E-state index contributed by atoms with van der Waals surface area (Å²) in [4.78, 5) is 8.40. The predicted molar refractivity (Wildman–Crippen MR) is 85.0 cm³/mol. The second kappa shape index (κ2) is 5.87. The Kier molecular flexibility index (Phi) is 3.57. The van der Waals surface area contributed by atoms with Gasteiger partial charge in [-0.3, -0.25) is 4.40 Å². The molecule has 3 aromatic rings. The molecule has 2 heterocycles. The molecule has 1 saturated carbocycles. The van der Waals surface area contributed by atoms with Gasteiger partial charge in [0.15, 0.2) is 11.6 Å². The van der Waals surface area contributed by atoms with Crippen LogP contribution in [-0.2, 0) is 6.54 Å². The molecule has 0 bridgehead atoms. The fourth-order valence-electron chi connectivity index (χ4n) is 2.58. The third kappa shape index (κ3) is 2.84. The van der Waals surface area contributed by atoms with E-state index in [1.165, 1.54) is 12.5 Å². The monoisotopic (exact) mass is 312 g/mol. The molecule has 0 atom stereocenters. The Morgan fingerprint density at radius 2 is 2.22 bits per heavy atom. The van der Waals surface area contributed by atoms with Crippen molar-refractivity contribution in [1.82, 2.24) is 14.4 Å². The van der Waals surface area contributed by atoms with Gasteiger partial charge in [-0.05, 0) is 37.5 Å². The number of aromatic nitrogens is 3. The standard InChI is InChI=1S/C17H17FN4O/c18-15-9-12(5-6-16(15)23-14-3-1-4-14)20-10-13-11-21-17-19-7-2-8-22(13)17/h2,5-9,11,14,20H,1,3-4,10H2. The maximum absolute atomic E-state index is 14.1. The van der Waals surface area contributed by atoms with Crippen molar-refractivity contribution in [2.45, 2.75) is 31.9 Å². The van der Waals surface area contributed by atoms with Gasteiger partial charge in [-0.25, -0.2) is 14.4 Å². The minimum Gasteiger partial charge on any atom is -0.487 e. The molecule has 0 aliphatic heterocycles. The quantitative estimate of drug-likeness (QED) is 0.784. The Morgan fingerprint density at radius 1 is 1.30 bits per heavy atom. The fraction of sp³-hybridized carbons (Fsp3) is 0.294. The van der Waals surface area contributed by atoms with Gasteiger partial charge in [0.2, 0.25) is 5.78 Å². The average Bonchev–Trinajstić information content (AvgIpc) is 2.93. The molecule has 1 aliphatic carbocycles. The number of anilines is 1. The molecule has 0 spiro atoms. The van der Waals surface area contributed by atoms with Crippen molar-refractivity contribution in [2.24, 2.45) is 0 Å². The molecule has 0 radical (unpaired) electrons. The van der Waals surface area contributed by atoms with E-state index >= 15 is 0 Å². The van der Waals surface area contributed by atoms with Gasteiger partial charge in [-0.1, -0.05) is 0 Å². The molecule has 0 unspecified atom stereocenters. The predicted octanol–water partition coefficient (Wildman–Crippen LogP) is 3.41. The number of nitrogens with zero attached hydrogens (tertiary/aromatic N) is 3. The van der Waals surface area contributed by atoms with E-state index in [0.717, 1.165) is 18.5 Å². The molecule has 4 rings (SSSR count). The minimum atomic E-state index is -0.332. The molecule has 5 nitrogen and oxygen atoms in total. The zero-order valence-corrected chi connectivity index (χ0v) is 12.6. The van der Waals surface area contributed by atoms with E-state index in [9.17, 15) is 4.39 Å². The summed E-state index contributed by atoms with van der Waals surface area (Å²) in [5.41, 5.74) is 1.67. The van der Waals surface area contributed by atoms with Gasteiger partial charge in [0.05, 0.1) is 24.5 Å². The molecular weight excluding hydrogens is 295 g/mol. The van der Waals surface area contributed by atoms with E-state index in [2.05, 4.69) is 15.3 Å². The molecule has 6 heteroatoms. The number of rotatable bonds is 5. The first-order valence-electron chi connectivity index (χ1n) is 7.76. The summed E-state index contributed by atoms with van der Waals surface area (Å²) in [6, 6.07) is 6.84. The normalized spacial score (nSPS) is 14.7. The Morgan fingerprint density at radius 3 is 3.00 bits per heavy atom. The SMILES string of the molecule is Fc1cc(NCc2cnc3ncccn23)ccc1OC1CCC1. The Balaban J connectivity index is 1.45. The third-order valence-corrected chi connectivity index (χ3v) is 4.12. The molecule has 23 heavy (non-hydrogen) atoms. The number of imidazole rings is 1. The van der Waals surface area contributed by atoms with Crippen LogP contribution in [0.15, 0.2) is 42.9 Å². The molecule has 1 aliphatic rings. The first-order chi connectivity index (χ1) is 11.3. The molecule has 2 aromatic heterocycles. The first-order valence-corrected chi connectivity index (χ1v) is 7.76. The van der Waals surface area contributed by atoms with E-state index in [1.54, 1.807) is 18.5 Å². The summed E-state index contributed by atoms with van der Waals surface area (Å²) in [7, 11) is 0. The number of hydrogen-bond donors (Lipinski definition) is 1. The van der Waals surface area contributed by atoms with Crippen LogP contribution in [0.1, 0.15) is 25.0 Å². The van der Waals surface area contributed by atoms with Gasteiger partial charge in [-0.2, -0.15) is 0 Å².